The van der Waals surface area contributed by atoms with Crippen LogP contribution in [0.2, 0.25) is 0 Å². The van der Waals surface area contributed by atoms with Gasteiger partial charge >= 0.3 is 0 Å². The molecule has 1 aromatic carbocycles. The molecule has 8 nitrogen and oxygen atoms in total. The number of ketones is 1. The van der Waals surface area contributed by atoms with Gasteiger partial charge in [-0.25, -0.2) is 17.6 Å². The molecule has 2 aromatic rings. The first-order chi connectivity index (χ1) is 16.9. The molecular formula is C24H22F4N4O4. The highest BCUT2D eigenvalue weighted by Gasteiger charge is 2.62. The molecule has 36 heavy (non-hydrogen) atoms. The number of nitrogens with one attached hydrogen (secondary N) is 3. The molecule has 3 N–H and O–H groups in total. The normalized spacial score (nSPS) is 22.1. The predicted molar refractivity (Wildman–Crippen MR) is 118 cm³/mol. The van der Waals surface area contributed by atoms with E-state index in [1.807, 2.05) is 0 Å². The first kappa shape index (κ1) is 24.0. The highest BCUT2D eigenvalue weighted by atomic mass is 19.3. The van der Waals surface area contributed by atoms with Crippen LogP contribution in [0.5, 0.6) is 0 Å². The standard InChI is InChI=1S/C24H22F4N4O4/c1-10-17(20(34)30-12-3-4-13(25)14(26)7-12)16-6-11-5-15(11)32(16)18(10)19(33)21(35)31-23(22(36)29-2)8-24(27,28)9-23/h3-4,7,11,15H,5-6,8-9H2,1-2H3,(H,29,36)(H,30,34)(H,31,35)/t11-,15-/m0/s1. The van der Waals surface area contributed by atoms with Crippen LogP contribution < -0.4 is 16.0 Å². The van der Waals surface area contributed by atoms with Crippen molar-refractivity contribution in [3.05, 3.63) is 52.3 Å². The van der Waals surface area contributed by atoms with E-state index in [2.05, 4.69) is 16.0 Å². The number of fused-ring (bicyclic) bond motifs is 3. The van der Waals surface area contributed by atoms with Crippen molar-refractivity contribution in [3.63, 3.8) is 0 Å². The van der Waals surface area contributed by atoms with Gasteiger partial charge in [-0.1, -0.05) is 0 Å². The molecule has 0 bridgehead atoms. The van der Waals surface area contributed by atoms with E-state index in [0.29, 0.717) is 12.1 Å². The zero-order valence-corrected chi connectivity index (χ0v) is 19.3. The van der Waals surface area contributed by atoms with E-state index in [9.17, 15) is 36.7 Å². The fourth-order valence-corrected chi connectivity index (χ4v) is 5.46. The molecule has 3 aliphatic rings. The molecule has 2 atom stereocenters. The van der Waals surface area contributed by atoms with Crippen molar-refractivity contribution in [2.45, 2.75) is 50.1 Å². The second-order valence-corrected chi connectivity index (χ2v) is 9.67. The molecule has 5 rings (SSSR count). The van der Waals surface area contributed by atoms with Crippen molar-refractivity contribution in [2.24, 2.45) is 5.92 Å². The number of amides is 3. The van der Waals surface area contributed by atoms with Gasteiger partial charge in [-0.2, -0.15) is 0 Å². The molecule has 0 unspecified atom stereocenters. The van der Waals surface area contributed by atoms with Gasteiger partial charge in [0.1, 0.15) is 5.54 Å². The van der Waals surface area contributed by atoms with Crippen LogP contribution in [0.25, 0.3) is 0 Å². The molecule has 2 saturated carbocycles. The van der Waals surface area contributed by atoms with E-state index in [1.54, 1.807) is 4.57 Å². The topological polar surface area (TPSA) is 109 Å². The molecule has 2 aliphatic carbocycles. The molecule has 2 fully saturated rings. The Morgan fingerprint density at radius 1 is 1.08 bits per heavy atom. The van der Waals surface area contributed by atoms with Crippen molar-refractivity contribution >= 4 is 29.2 Å². The molecule has 190 valence electrons. The number of hydrogen-bond donors (Lipinski definition) is 3. The Labute approximate surface area is 202 Å². The molecule has 0 radical (unpaired) electrons. The Morgan fingerprint density at radius 2 is 1.78 bits per heavy atom. The summed E-state index contributed by atoms with van der Waals surface area (Å²) >= 11 is 0. The summed E-state index contributed by atoms with van der Waals surface area (Å²) in [5.74, 6) is -8.96. The van der Waals surface area contributed by atoms with Crippen molar-refractivity contribution in [3.8, 4) is 0 Å². The number of hydrogen-bond acceptors (Lipinski definition) is 4. The van der Waals surface area contributed by atoms with E-state index in [1.165, 1.54) is 20.0 Å². The summed E-state index contributed by atoms with van der Waals surface area (Å²) in [6.07, 6.45) is -0.635. The summed E-state index contributed by atoms with van der Waals surface area (Å²) < 4.78 is 55.7. The van der Waals surface area contributed by atoms with E-state index in [4.69, 9.17) is 0 Å². The van der Waals surface area contributed by atoms with Gasteiger partial charge in [-0.3, -0.25) is 19.2 Å². The van der Waals surface area contributed by atoms with Crippen molar-refractivity contribution in [1.29, 1.82) is 0 Å². The number of aromatic nitrogens is 1. The number of carbonyl (C=O) groups excluding carboxylic acids is 4. The third-order valence-electron chi connectivity index (χ3n) is 7.18. The van der Waals surface area contributed by atoms with Gasteiger partial charge in [0.15, 0.2) is 11.6 Å². The molecular weight excluding hydrogens is 484 g/mol. The van der Waals surface area contributed by atoms with Crippen molar-refractivity contribution in [2.75, 3.05) is 12.4 Å². The number of halogens is 4. The van der Waals surface area contributed by atoms with Gasteiger partial charge in [0.2, 0.25) is 5.91 Å². The van der Waals surface area contributed by atoms with Crippen LogP contribution in [-0.2, 0) is 16.0 Å². The number of nitrogens with zero attached hydrogens (tertiary/aromatic N) is 1. The van der Waals surface area contributed by atoms with E-state index < -0.39 is 59.4 Å². The zero-order chi connectivity index (χ0) is 26.2. The molecule has 3 amide bonds. The summed E-state index contributed by atoms with van der Waals surface area (Å²) in [6, 6.07) is 2.78. The summed E-state index contributed by atoms with van der Waals surface area (Å²) in [5.41, 5.74) is -1.09. The maximum absolute atomic E-state index is 13.6. The number of anilines is 1. The van der Waals surface area contributed by atoms with Crippen LogP contribution >= 0.6 is 0 Å². The largest absolute Gasteiger partial charge is 0.357 e. The Bertz CT molecular complexity index is 1340. The molecule has 2 heterocycles. The minimum atomic E-state index is -3.15. The minimum absolute atomic E-state index is 0.00505. The Kier molecular flexibility index (Phi) is 5.27. The lowest BCUT2D eigenvalue weighted by atomic mass is 9.72. The quantitative estimate of drug-likeness (QED) is 0.318. The monoisotopic (exact) mass is 506 g/mol. The lowest BCUT2D eigenvalue weighted by molar-refractivity contribution is -0.164. The zero-order valence-electron chi connectivity index (χ0n) is 19.3. The maximum Gasteiger partial charge on any atom is 0.294 e. The van der Waals surface area contributed by atoms with Crippen LogP contribution in [0.15, 0.2) is 18.2 Å². The number of likely N-dealkylation sites (N-methyl/N-ethyl adjacent to an activating group) is 1. The van der Waals surface area contributed by atoms with Crippen molar-refractivity contribution < 1.29 is 36.7 Å². The number of carbonyl (C=O) groups is 4. The van der Waals surface area contributed by atoms with Gasteiger partial charge in [0.25, 0.3) is 23.5 Å². The van der Waals surface area contributed by atoms with Gasteiger partial charge in [0.05, 0.1) is 11.3 Å². The fourth-order valence-electron chi connectivity index (χ4n) is 5.46. The molecule has 0 spiro atoms. The van der Waals surface area contributed by atoms with Gasteiger partial charge in [-0.05, 0) is 43.4 Å². The second-order valence-electron chi connectivity index (χ2n) is 9.67. The summed E-state index contributed by atoms with van der Waals surface area (Å²) in [4.78, 5) is 51.6. The van der Waals surface area contributed by atoms with Crippen LogP contribution in [0.1, 0.15) is 57.4 Å². The third kappa shape index (κ3) is 3.66. The highest BCUT2D eigenvalue weighted by molar-refractivity contribution is 6.43. The third-order valence-corrected chi connectivity index (χ3v) is 7.18. The number of Topliss-reactive ketones (excluding diaryl/α,β-unsaturated/α-hetero) is 1. The summed E-state index contributed by atoms with van der Waals surface area (Å²) in [6.45, 7) is 1.48. The predicted octanol–water partition coefficient (Wildman–Crippen LogP) is 2.66. The highest BCUT2D eigenvalue weighted by Crippen LogP contribution is 2.54. The summed E-state index contributed by atoms with van der Waals surface area (Å²) in [7, 11) is 1.24. The minimum Gasteiger partial charge on any atom is -0.357 e. The van der Waals surface area contributed by atoms with Crippen LogP contribution in [0.4, 0.5) is 23.2 Å². The van der Waals surface area contributed by atoms with E-state index in [0.717, 1.165) is 18.6 Å². The smallest absolute Gasteiger partial charge is 0.294 e. The average molecular weight is 506 g/mol. The second kappa shape index (κ2) is 7.90. The van der Waals surface area contributed by atoms with Crippen LogP contribution in [0, 0.1) is 24.5 Å². The number of benzene rings is 1. The first-order valence-electron chi connectivity index (χ1n) is 11.3. The van der Waals surface area contributed by atoms with Gasteiger partial charge < -0.3 is 20.5 Å². The van der Waals surface area contributed by atoms with Crippen LogP contribution in [-0.4, -0.2) is 46.6 Å². The average Bonchev–Trinajstić information content (AvgIpc) is 3.36. The van der Waals surface area contributed by atoms with Gasteiger partial charge in [-0.15, -0.1) is 0 Å². The summed E-state index contributed by atoms with van der Waals surface area (Å²) in [5, 5.41) is 6.93. The molecule has 1 aromatic heterocycles. The lowest BCUT2D eigenvalue weighted by Crippen LogP contribution is -2.69. The van der Waals surface area contributed by atoms with E-state index in [-0.39, 0.29) is 34.5 Å². The lowest BCUT2D eigenvalue weighted by Gasteiger charge is -2.45. The van der Waals surface area contributed by atoms with Gasteiger partial charge in [0, 0.05) is 43.4 Å². The number of rotatable bonds is 6. The Morgan fingerprint density at radius 3 is 2.39 bits per heavy atom. The SMILES string of the molecule is CNC(=O)C1(NC(=O)C(=O)c2c(C)c(C(=O)Nc3ccc(F)c(F)c3)c3n2[C@H]2C[C@H]2C3)CC(F)(F)C1. The Hall–Kier alpha value is -3.70. The molecule has 0 saturated heterocycles. The van der Waals surface area contributed by atoms with E-state index >= 15 is 0 Å². The first-order valence-corrected chi connectivity index (χ1v) is 11.3. The molecule has 12 heteroatoms. The maximum atomic E-state index is 13.6. The number of alkyl halides is 2. The van der Waals surface area contributed by atoms with Crippen molar-refractivity contribution in [1.82, 2.24) is 15.2 Å². The fraction of sp³-hybridized carbons (Fsp3) is 0.417. The Balaban J connectivity index is 1.45. The molecule has 1 aliphatic heterocycles. The van der Waals surface area contributed by atoms with Crippen LogP contribution in [0.3, 0.4) is 0 Å².